The van der Waals surface area contributed by atoms with Crippen molar-refractivity contribution < 1.29 is 22.7 Å². The van der Waals surface area contributed by atoms with Gasteiger partial charge in [0.1, 0.15) is 17.3 Å². The summed E-state index contributed by atoms with van der Waals surface area (Å²) in [6.45, 7) is 2.52. The molecule has 2 aromatic heterocycles. The molecule has 0 saturated heterocycles. The average molecular weight is 439 g/mol. The number of likely N-dealkylation sites (N-methyl/N-ethyl adjacent to an activating group) is 1. The minimum atomic E-state index is -3.89. The maximum Gasteiger partial charge on any atom is 0.264 e. The van der Waals surface area contributed by atoms with Gasteiger partial charge in [-0.3, -0.25) is 14.3 Å². The molecule has 0 aliphatic rings. The lowest BCUT2D eigenvalue weighted by molar-refractivity contribution is -0.109. The molecule has 2 rings (SSSR count). The van der Waals surface area contributed by atoms with Crippen LogP contribution in [0.1, 0.15) is 17.3 Å². The molecule has 156 valence electrons. The Bertz CT molecular complexity index is 945. The second-order valence-corrected chi connectivity index (χ2v) is 9.06. The van der Waals surface area contributed by atoms with Gasteiger partial charge in [-0.05, 0) is 32.3 Å². The zero-order valence-electron chi connectivity index (χ0n) is 16.3. The summed E-state index contributed by atoms with van der Waals surface area (Å²) >= 11 is 0.906. The summed E-state index contributed by atoms with van der Waals surface area (Å²) in [5.74, 6) is 0.139. The number of sulfonamides is 1. The summed E-state index contributed by atoms with van der Waals surface area (Å²) in [7, 11) is -0.0583. The van der Waals surface area contributed by atoms with Crippen LogP contribution in [0.3, 0.4) is 0 Å². The van der Waals surface area contributed by atoms with Crippen LogP contribution in [-0.2, 0) is 14.8 Å². The van der Waals surface area contributed by atoms with E-state index in [1.165, 1.54) is 43.6 Å². The Kier molecular flexibility index (Phi) is 8.11. The van der Waals surface area contributed by atoms with Gasteiger partial charge in [-0.15, -0.1) is 0 Å². The topological polar surface area (TPSA) is 119 Å². The SMILES string of the molecule is CC(=O)SCC(=O)c1ccc(NS(=O)(=O)c2ccc(OCCN(C)C)nc2)nc1. The Labute approximate surface area is 173 Å². The lowest BCUT2D eigenvalue weighted by atomic mass is 10.2. The fourth-order valence-corrected chi connectivity index (χ4v) is 3.46. The first-order valence-corrected chi connectivity index (χ1v) is 11.0. The van der Waals surface area contributed by atoms with E-state index in [9.17, 15) is 18.0 Å². The van der Waals surface area contributed by atoms with Gasteiger partial charge in [-0.2, -0.15) is 0 Å². The van der Waals surface area contributed by atoms with E-state index in [1.807, 2.05) is 19.0 Å². The molecule has 2 heterocycles. The van der Waals surface area contributed by atoms with Crippen molar-refractivity contribution >= 4 is 38.5 Å². The molecule has 0 fully saturated rings. The number of carbonyl (C=O) groups is 2. The summed E-state index contributed by atoms with van der Waals surface area (Å²) in [4.78, 5) is 32.7. The third kappa shape index (κ3) is 7.44. The zero-order chi connectivity index (χ0) is 21.4. The van der Waals surface area contributed by atoms with Gasteiger partial charge < -0.3 is 9.64 Å². The summed E-state index contributed by atoms with van der Waals surface area (Å²) < 4.78 is 32.7. The molecule has 0 spiro atoms. The highest BCUT2D eigenvalue weighted by molar-refractivity contribution is 8.14. The van der Waals surface area contributed by atoms with E-state index in [0.717, 1.165) is 11.8 Å². The molecule has 11 heteroatoms. The molecule has 0 aliphatic carbocycles. The molecule has 0 atom stereocenters. The van der Waals surface area contributed by atoms with Crippen molar-refractivity contribution in [2.75, 3.05) is 37.7 Å². The van der Waals surface area contributed by atoms with Crippen LogP contribution >= 0.6 is 11.8 Å². The quantitative estimate of drug-likeness (QED) is 0.553. The number of anilines is 1. The van der Waals surface area contributed by atoms with Crippen molar-refractivity contribution in [2.45, 2.75) is 11.8 Å². The summed E-state index contributed by atoms with van der Waals surface area (Å²) in [5.41, 5.74) is 0.294. The molecular weight excluding hydrogens is 416 g/mol. The second-order valence-electron chi connectivity index (χ2n) is 6.22. The third-order valence-electron chi connectivity index (χ3n) is 3.54. The molecule has 0 aromatic carbocycles. The monoisotopic (exact) mass is 438 g/mol. The summed E-state index contributed by atoms with van der Waals surface area (Å²) in [6, 6.07) is 5.70. The van der Waals surface area contributed by atoms with Crippen LogP contribution in [0.25, 0.3) is 0 Å². The maximum atomic E-state index is 12.5. The number of thioether (sulfide) groups is 1. The van der Waals surface area contributed by atoms with Gasteiger partial charge in [0.2, 0.25) is 5.88 Å². The fourth-order valence-electron chi connectivity index (χ4n) is 2.01. The molecule has 0 bridgehead atoms. The van der Waals surface area contributed by atoms with E-state index in [2.05, 4.69) is 14.7 Å². The Balaban J connectivity index is 1.99. The highest BCUT2D eigenvalue weighted by Gasteiger charge is 2.16. The number of carbonyl (C=O) groups excluding carboxylic acids is 2. The number of nitrogens with zero attached hydrogens (tertiary/aromatic N) is 3. The third-order valence-corrected chi connectivity index (χ3v) is 5.69. The number of pyridine rings is 2. The lowest BCUT2D eigenvalue weighted by Gasteiger charge is -2.11. The van der Waals surface area contributed by atoms with Crippen molar-refractivity contribution in [1.29, 1.82) is 0 Å². The van der Waals surface area contributed by atoms with Crippen molar-refractivity contribution in [1.82, 2.24) is 14.9 Å². The Hall–Kier alpha value is -2.50. The molecule has 0 saturated carbocycles. The van der Waals surface area contributed by atoms with Crippen molar-refractivity contribution in [3.05, 3.63) is 42.2 Å². The van der Waals surface area contributed by atoms with E-state index in [0.29, 0.717) is 24.6 Å². The molecule has 0 amide bonds. The minimum absolute atomic E-state index is 0.0106. The molecule has 2 aromatic rings. The summed E-state index contributed by atoms with van der Waals surface area (Å²) in [6.07, 6.45) is 2.46. The van der Waals surface area contributed by atoms with E-state index in [-0.39, 0.29) is 27.4 Å². The standard InChI is InChI=1S/C18H22N4O5S2/c1-13(23)28-12-16(24)14-4-6-17(19-10-14)21-29(25,26)15-5-7-18(20-11-15)27-9-8-22(2)3/h4-7,10-11H,8-9,12H2,1-3H3,(H,19,21). The number of aromatic nitrogens is 2. The Morgan fingerprint density at radius 2 is 1.90 bits per heavy atom. The molecular formula is C18H22N4O5S2. The van der Waals surface area contributed by atoms with Crippen LogP contribution in [0.5, 0.6) is 5.88 Å². The number of rotatable bonds is 10. The molecule has 29 heavy (non-hydrogen) atoms. The van der Waals surface area contributed by atoms with Crippen LogP contribution in [-0.4, -0.2) is 67.2 Å². The number of ketones is 1. The highest BCUT2D eigenvalue weighted by Crippen LogP contribution is 2.17. The van der Waals surface area contributed by atoms with Gasteiger partial charge in [0, 0.05) is 31.3 Å². The van der Waals surface area contributed by atoms with Crippen molar-refractivity contribution in [2.24, 2.45) is 0 Å². The van der Waals surface area contributed by atoms with E-state index >= 15 is 0 Å². The van der Waals surface area contributed by atoms with Crippen LogP contribution in [0.15, 0.2) is 41.6 Å². The van der Waals surface area contributed by atoms with Crippen LogP contribution in [0.2, 0.25) is 0 Å². The van der Waals surface area contributed by atoms with E-state index in [4.69, 9.17) is 4.74 Å². The van der Waals surface area contributed by atoms with E-state index in [1.54, 1.807) is 0 Å². The van der Waals surface area contributed by atoms with E-state index < -0.39 is 10.0 Å². The van der Waals surface area contributed by atoms with Crippen molar-refractivity contribution in [3.63, 3.8) is 0 Å². The van der Waals surface area contributed by atoms with Crippen LogP contribution in [0, 0.1) is 0 Å². The van der Waals surface area contributed by atoms with Crippen LogP contribution < -0.4 is 9.46 Å². The first kappa shape index (κ1) is 22.8. The van der Waals surface area contributed by atoms with Crippen LogP contribution in [0.4, 0.5) is 5.82 Å². The number of nitrogens with one attached hydrogen (secondary N) is 1. The van der Waals surface area contributed by atoms with Gasteiger partial charge in [-0.25, -0.2) is 18.4 Å². The van der Waals surface area contributed by atoms with Crippen molar-refractivity contribution in [3.8, 4) is 5.88 Å². The average Bonchev–Trinajstić information content (AvgIpc) is 2.66. The molecule has 1 N–H and O–H groups in total. The Morgan fingerprint density at radius 3 is 2.45 bits per heavy atom. The predicted octanol–water partition coefficient (Wildman–Crippen LogP) is 1.68. The second kappa shape index (κ2) is 10.3. The highest BCUT2D eigenvalue weighted by atomic mass is 32.2. The molecule has 9 nitrogen and oxygen atoms in total. The summed E-state index contributed by atoms with van der Waals surface area (Å²) in [5, 5.41) is -0.154. The normalized spacial score (nSPS) is 11.3. The fraction of sp³-hybridized carbons (Fsp3) is 0.333. The van der Waals surface area contributed by atoms with Gasteiger partial charge in [0.25, 0.3) is 10.0 Å². The molecule has 0 aliphatic heterocycles. The Morgan fingerprint density at radius 1 is 1.14 bits per heavy atom. The van der Waals surface area contributed by atoms with Gasteiger partial charge in [-0.1, -0.05) is 11.8 Å². The van der Waals surface area contributed by atoms with Gasteiger partial charge >= 0.3 is 0 Å². The maximum absolute atomic E-state index is 12.5. The molecule has 0 unspecified atom stereocenters. The lowest BCUT2D eigenvalue weighted by Crippen LogP contribution is -2.19. The predicted molar refractivity (Wildman–Crippen MR) is 111 cm³/mol. The number of hydrogen-bond donors (Lipinski definition) is 1. The smallest absolute Gasteiger partial charge is 0.264 e. The first-order chi connectivity index (χ1) is 13.7. The minimum Gasteiger partial charge on any atom is -0.476 e. The number of ether oxygens (including phenoxy) is 1. The van der Waals surface area contributed by atoms with Gasteiger partial charge in [0.05, 0.1) is 11.9 Å². The first-order valence-electron chi connectivity index (χ1n) is 8.56. The largest absolute Gasteiger partial charge is 0.476 e. The number of hydrogen-bond acceptors (Lipinski definition) is 9. The number of Topliss-reactive ketones (excluding diaryl/α,β-unsaturated/α-hetero) is 1. The zero-order valence-corrected chi connectivity index (χ0v) is 17.9. The molecule has 0 radical (unpaired) electrons. The van der Waals surface area contributed by atoms with Gasteiger partial charge in [0.15, 0.2) is 10.9 Å².